The summed E-state index contributed by atoms with van der Waals surface area (Å²) >= 11 is 3.10. The number of aromatic nitrogens is 2. The van der Waals surface area contributed by atoms with Crippen LogP contribution in [0.15, 0.2) is 27.2 Å². The van der Waals surface area contributed by atoms with E-state index in [4.69, 9.17) is 10.3 Å². The Hall–Kier alpha value is -1.27. The summed E-state index contributed by atoms with van der Waals surface area (Å²) < 4.78 is 18.5. The summed E-state index contributed by atoms with van der Waals surface area (Å²) in [5, 5.41) is 3.81. The Bertz CT molecular complexity index is 548. The van der Waals surface area contributed by atoms with Gasteiger partial charge in [-0.1, -0.05) is 5.16 Å². The van der Waals surface area contributed by atoms with Crippen molar-refractivity contribution in [2.75, 3.05) is 0 Å². The number of rotatable bonds is 2. The van der Waals surface area contributed by atoms with Gasteiger partial charge in [-0.3, -0.25) is 0 Å². The monoisotopic (exact) mass is 299 g/mol. The van der Waals surface area contributed by atoms with Gasteiger partial charge in [-0.05, 0) is 48.0 Å². The predicted molar refractivity (Wildman–Crippen MR) is 64.6 cm³/mol. The summed E-state index contributed by atoms with van der Waals surface area (Å²) in [6.45, 7) is 3.54. The highest BCUT2D eigenvalue weighted by Gasteiger charge is 2.22. The van der Waals surface area contributed by atoms with E-state index in [0.717, 1.165) is 0 Å². The zero-order valence-corrected chi connectivity index (χ0v) is 11.0. The summed E-state index contributed by atoms with van der Waals surface area (Å²) in [7, 11) is 0. The fourth-order valence-corrected chi connectivity index (χ4v) is 1.62. The molecule has 0 saturated carbocycles. The molecule has 0 aliphatic carbocycles. The average Bonchev–Trinajstić information content (AvgIpc) is 2.70. The molecule has 0 atom stereocenters. The fourth-order valence-electron chi connectivity index (χ4n) is 1.24. The minimum absolute atomic E-state index is 0.336. The van der Waals surface area contributed by atoms with Gasteiger partial charge < -0.3 is 10.3 Å². The molecule has 0 aliphatic rings. The largest absolute Gasteiger partial charge is 0.337 e. The summed E-state index contributed by atoms with van der Waals surface area (Å²) in [5.41, 5.74) is 5.81. The zero-order chi connectivity index (χ0) is 12.6. The van der Waals surface area contributed by atoms with Crippen LogP contribution in [0.3, 0.4) is 0 Å². The van der Waals surface area contributed by atoms with Crippen LogP contribution in [-0.4, -0.2) is 10.1 Å². The van der Waals surface area contributed by atoms with Crippen LogP contribution in [0.4, 0.5) is 4.39 Å². The van der Waals surface area contributed by atoms with Crippen molar-refractivity contribution in [1.82, 2.24) is 10.1 Å². The molecule has 0 spiro atoms. The maximum atomic E-state index is 13.1. The standard InChI is InChI=1S/C11H11BrFN3O/c1-11(2,14)10-15-9(16-17-10)6-3-4-8(13)7(12)5-6/h3-5H,14H2,1-2H3. The van der Waals surface area contributed by atoms with Gasteiger partial charge in [0.05, 0.1) is 10.0 Å². The maximum absolute atomic E-state index is 13.1. The molecule has 0 unspecified atom stereocenters. The van der Waals surface area contributed by atoms with E-state index in [0.29, 0.717) is 21.8 Å². The van der Waals surface area contributed by atoms with Crippen LogP contribution in [0.5, 0.6) is 0 Å². The Labute approximate surface area is 106 Å². The quantitative estimate of drug-likeness (QED) is 0.926. The molecule has 90 valence electrons. The molecule has 0 amide bonds. The molecular formula is C11H11BrFN3O. The van der Waals surface area contributed by atoms with E-state index >= 15 is 0 Å². The van der Waals surface area contributed by atoms with E-state index in [-0.39, 0.29) is 5.82 Å². The number of benzene rings is 1. The number of nitrogens with two attached hydrogens (primary N) is 1. The van der Waals surface area contributed by atoms with Crippen molar-refractivity contribution in [3.8, 4) is 11.4 Å². The topological polar surface area (TPSA) is 64.9 Å². The first-order valence-electron chi connectivity index (χ1n) is 4.96. The van der Waals surface area contributed by atoms with Gasteiger partial charge >= 0.3 is 0 Å². The van der Waals surface area contributed by atoms with Crippen LogP contribution in [-0.2, 0) is 5.54 Å². The van der Waals surface area contributed by atoms with E-state index in [1.165, 1.54) is 6.07 Å². The molecule has 1 aromatic heterocycles. The van der Waals surface area contributed by atoms with Crippen molar-refractivity contribution < 1.29 is 8.91 Å². The molecule has 6 heteroatoms. The molecule has 0 fully saturated rings. The second-order valence-corrected chi connectivity index (χ2v) is 5.13. The summed E-state index contributed by atoms with van der Waals surface area (Å²) in [5.74, 6) is 0.392. The van der Waals surface area contributed by atoms with Crippen molar-refractivity contribution in [3.05, 3.63) is 34.4 Å². The van der Waals surface area contributed by atoms with Gasteiger partial charge in [0.15, 0.2) is 0 Å². The predicted octanol–water partition coefficient (Wildman–Crippen LogP) is 2.83. The van der Waals surface area contributed by atoms with Gasteiger partial charge in [0.2, 0.25) is 11.7 Å². The second kappa shape index (κ2) is 4.19. The molecular weight excluding hydrogens is 289 g/mol. The Kier molecular flexibility index (Phi) is 3.01. The molecule has 4 nitrogen and oxygen atoms in total. The molecule has 2 aromatic rings. The fraction of sp³-hybridized carbons (Fsp3) is 0.273. The molecule has 0 aliphatic heterocycles. The normalized spacial score (nSPS) is 11.8. The van der Waals surface area contributed by atoms with E-state index in [1.54, 1.807) is 26.0 Å². The Morgan fingerprint density at radius 2 is 2.12 bits per heavy atom. The smallest absolute Gasteiger partial charge is 0.246 e. The minimum Gasteiger partial charge on any atom is -0.337 e. The van der Waals surface area contributed by atoms with Gasteiger partial charge in [-0.15, -0.1) is 0 Å². The minimum atomic E-state index is -0.692. The number of halogens is 2. The van der Waals surface area contributed by atoms with Crippen LogP contribution in [0.25, 0.3) is 11.4 Å². The summed E-state index contributed by atoms with van der Waals surface area (Å²) in [6, 6.07) is 4.51. The van der Waals surface area contributed by atoms with E-state index in [2.05, 4.69) is 26.1 Å². The van der Waals surface area contributed by atoms with Crippen molar-refractivity contribution in [2.24, 2.45) is 5.73 Å². The lowest BCUT2D eigenvalue weighted by Gasteiger charge is -2.10. The highest BCUT2D eigenvalue weighted by Crippen LogP contribution is 2.24. The van der Waals surface area contributed by atoms with Crippen molar-refractivity contribution in [1.29, 1.82) is 0 Å². The van der Waals surface area contributed by atoms with Gasteiger partial charge in [0, 0.05) is 5.56 Å². The first-order valence-corrected chi connectivity index (χ1v) is 5.76. The van der Waals surface area contributed by atoms with Gasteiger partial charge in [-0.25, -0.2) is 4.39 Å². The Morgan fingerprint density at radius 1 is 1.41 bits per heavy atom. The lowest BCUT2D eigenvalue weighted by molar-refractivity contribution is 0.312. The molecule has 0 saturated heterocycles. The molecule has 1 heterocycles. The van der Waals surface area contributed by atoms with Crippen molar-refractivity contribution in [2.45, 2.75) is 19.4 Å². The molecule has 0 bridgehead atoms. The van der Waals surface area contributed by atoms with Crippen LogP contribution < -0.4 is 5.73 Å². The third kappa shape index (κ3) is 2.53. The van der Waals surface area contributed by atoms with E-state index < -0.39 is 5.54 Å². The maximum Gasteiger partial charge on any atom is 0.246 e. The van der Waals surface area contributed by atoms with Gasteiger partial charge in [-0.2, -0.15) is 4.98 Å². The third-order valence-electron chi connectivity index (χ3n) is 2.16. The SMILES string of the molecule is CC(C)(N)c1nc(-c2ccc(F)c(Br)c2)no1. The number of hydrogen-bond acceptors (Lipinski definition) is 4. The number of nitrogens with zero attached hydrogens (tertiary/aromatic N) is 2. The van der Waals surface area contributed by atoms with Gasteiger partial charge in [0.1, 0.15) is 5.82 Å². The molecule has 0 radical (unpaired) electrons. The lowest BCUT2D eigenvalue weighted by atomic mass is 10.1. The zero-order valence-electron chi connectivity index (χ0n) is 9.37. The molecule has 2 N–H and O–H groups in total. The molecule has 1 aromatic carbocycles. The Balaban J connectivity index is 2.40. The van der Waals surface area contributed by atoms with Crippen molar-refractivity contribution >= 4 is 15.9 Å². The van der Waals surface area contributed by atoms with E-state index in [9.17, 15) is 4.39 Å². The van der Waals surface area contributed by atoms with E-state index in [1.807, 2.05) is 0 Å². The average molecular weight is 300 g/mol. The van der Waals surface area contributed by atoms with Crippen LogP contribution in [0.1, 0.15) is 19.7 Å². The highest BCUT2D eigenvalue weighted by molar-refractivity contribution is 9.10. The number of hydrogen-bond donors (Lipinski definition) is 1. The summed E-state index contributed by atoms with van der Waals surface area (Å²) in [6.07, 6.45) is 0. The first kappa shape index (κ1) is 12.2. The van der Waals surface area contributed by atoms with Gasteiger partial charge in [0.25, 0.3) is 0 Å². The highest BCUT2D eigenvalue weighted by atomic mass is 79.9. The van der Waals surface area contributed by atoms with Crippen LogP contribution in [0.2, 0.25) is 0 Å². The first-order chi connectivity index (χ1) is 7.88. The third-order valence-corrected chi connectivity index (χ3v) is 2.76. The van der Waals surface area contributed by atoms with Crippen LogP contribution >= 0.6 is 15.9 Å². The second-order valence-electron chi connectivity index (χ2n) is 4.27. The van der Waals surface area contributed by atoms with Crippen LogP contribution in [0, 0.1) is 5.82 Å². The Morgan fingerprint density at radius 3 is 2.65 bits per heavy atom. The molecule has 17 heavy (non-hydrogen) atoms. The summed E-state index contributed by atoms with van der Waals surface area (Å²) in [4.78, 5) is 4.18. The van der Waals surface area contributed by atoms with Crippen molar-refractivity contribution in [3.63, 3.8) is 0 Å². The molecule has 2 rings (SSSR count). The lowest BCUT2D eigenvalue weighted by Crippen LogP contribution is -2.28.